The summed E-state index contributed by atoms with van der Waals surface area (Å²) in [6.45, 7) is -0.102. The molecule has 1 heterocycles. The zero-order chi connectivity index (χ0) is 17.1. The molecule has 1 saturated carbocycles. The van der Waals surface area contributed by atoms with Gasteiger partial charge in [0.05, 0.1) is 22.2 Å². The second-order valence-corrected chi connectivity index (χ2v) is 6.04. The quantitative estimate of drug-likeness (QED) is 0.679. The predicted octanol–water partition coefficient (Wildman–Crippen LogP) is 1.75. The fourth-order valence-corrected chi connectivity index (χ4v) is 3.05. The SMILES string of the molecule is O=C(Cn1cnc2cc([N+](=O)[O-])ccc2c1=O)NC1CCCCC1. The topological polar surface area (TPSA) is 107 Å². The summed E-state index contributed by atoms with van der Waals surface area (Å²) >= 11 is 0. The number of fused-ring (bicyclic) bond motifs is 1. The maximum atomic E-state index is 12.4. The van der Waals surface area contributed by atoms with Crippen molar-refractivity contribution >= 4 is 22.5 Å². The molecule has 8 heteroatoms. The fourth-order valence-electron chi connectivity index (χ4n) is 3.05. The van der Waals surface area contributed by atoms with E-state index in [1.54, 1.807) is 0 Å². The van der Waals surface area contributed by atoms with E-state index in [0.717, 1.165) is 25.7 Å². The Morgan fingerprint density at radius 1 is 1.33 bits per heavy atom. The molecule has 0 saturated heterocycles. The highest BCUT2D eigenvalue weighted by Crippen LogP contribution is 2.18. The molecule has 24 heavy (non-hydrogen) atoms. The number of rotatable bonds is 4. The first-order valence-corrected chi connectivity index (χ1v) is 7.97. The molecule has 0 aliphatic heterocycles. The summed E-state index contributed by atoms with van der Waals surface area (Å²) in [6.07, 6.45) is 6.63. The summed E-state index contributed by atoms with van der Waals surface area (Å²) in [4.78, 5) is 38.8. The zero-order valence-corrected chi connectivity index (χ0v) is 13.1. The van der Waals surface area contributed by atoms with Crippen molar-refractivity contribution in [2.45, 2.75) is 44.7 Å². The van der Waals surface area contributed by atoms with Gasteiger partial charge in [0.1, 0.15) is 6.54 Å². The Labute approximate surface area is 137 Å². The third-order valence-electron chi connectivity index (χ3n) is 4.30. The average molecular weight is 330 g/mol. The number of carbonyl (C=O) groups excluding carboxylic acids is 1. The van der Waals surface area contributed by atoms with Crippen LogP contribution in [0.25, 0.3) is 10.9 Å². The van der Waals surface area contributed by atoms with Crippen molar-refractivity contribution in [2.24, 2.45) is 0 Å². The molecule has 0 bridgehead atoms. The van der Waals surface area contributed by atoms with Crippen LogP contribution in [0.3, 0.4) is 0 Å². The van der Waals surface area contributed by atoms with Gasteiger partial charge in [-0.15, -0.1) is 0 Å². The number of carbonyl (C=O) groups is 1. The van der Waals surface area contributed by atoms with E-state index in [1.807, 2.05) is 0 Å². The summed E-state index contributed by atoms with van der Waals surface area (Å²) in [5, 5.41) is 14.0. The van der Waals surface area contributed by atoms with E-state index in [-0.39, 0.29) is 40.6 Å². The van der Waals surface area contributed by atoms with Crippen LogP contribution in [-0.4, -0.2) is 26.4 Å². The Balaban J connectivity index is 1.78. The number of non-ortho nitro benzene ring substituents is 1. The molecule has 2 aromatic rings. The number of benzene rings is 1. The van der Waals surface area contributed by atoms with E-state index >= 15 is 0 Å². The van der Waals surface area contributed by atoms with E-state index < -0.39 is 4.92 Å². The van der Waals surface area contributed by atoms with Gasteiger partial charge in [-0.3, -0.25) is 24.3 Å². The molecule has 1 fully saturated rings. The predicted molar refractivity (Wildman–Crippen MR) is 87.7 cm³/mol. The molecule has 1 aromatic carbocycles. The van der Waals surface area contributed by atoms with E-state index in [4.69, 9.17) is 0 Å². The largest absolute Gasteiger partial charge is 0.352 e. The molecule has 1 amide bonds. The smallest absolute Gasteiger partial charge is 0.271 e. The lowest BCUT2D eigenvalue weighted by Gasteiger charge is -2.22. The van der Waals surface area contributed by atoms with Crippen molar-refractivity contribution in [2.75, 3.05) is 0 Å². The minimum Gasteiger partial charge on any atom is -0.352 e. The second-order valence-electron chi connectivity index (χ2n) is 6.04. The van der Waals surface area contributed by atoms with E-state index in [9.17, 15) is 19.7 Å². The van der Waals surface area contributed by atoms with Crippen LogP contribution in [0.2, 0.25) is 0 Å². The lowest BCUT2D eigenvalue weighted by atomic mass is 9.95. The number of hydrogen-bond donors (Lipinski definition) is 1. The summed E-state index contributed by atoms with van der Waals surface area (Å²) in [5.74, 6) is -0.216. The Morgan fingerprint density at radius 3 is 2.79 bits per heavy atom. The molecule has 1 aromatic heterocycles. The number of nitro benzene ring substituents is 1. The monoisotopic (exact) mass is 330 g/mol. The van der Waals surface area contributed by atoms with E-state index in [2.05, 4.69) is 10.3 Å². The third kappa shape index (κ3) is 3.42. The Bertz CT molecular complexity index is 840. The third-order valence-corrected chi connectivity index (χ3v) is 4.30. The molecule has 3 rings (SSSR count). The van der Waals surface area contributed by atoms with Crippen molar-refractivity contribution in [1.82, 2.24) is 14.9 Å². The Hall–Kier alpha value is -2.77. The molecular formula is C16H18N4O4. The van der Waals surface area contributed by atoms with Crippen LogP contribution in [0, 0.1) is 10.1 Å². The average Bonchev–Trinajstić information content (AvgIpc) is 2.58. The van der Waals surface area contributed by atoms with Gasteiger partial charge in [-0.05, 0) is 18.9 Å². The highest BCUT2D eigenvalue weighted by Gasteiger charge is 2.17. The first-order valence-electron chi connectivity index (χ1n) is 7.97. The minimum absolute atomic E-state index is 0.102. The van der Waals surface area contributed by atoms with Gasteiger partial charge < -0.3 is 5.32 Å². The molecule has 1 aliphatic rings. The van der Waals surface area contributed by atoms with Crippen LogP contribution in [0.1, 0.15) is 32.1 Å². The van der Waals surface area contributed by atoms with Crippen molar-refractivity contribution in [1.29, 1.82) is 0 Å². The molecule has 8 nitrogen and oxygen atoms in total. The van der Waals surface area contributed by atoms with E-state index in [1.165, 1.54) is 35.5 Å². The van der Waals surface area contributed by atoms with Crippen LogP contribution < -0.4 is 10.9 Å². The highest BCUT2D eigenvalue weighted by molar-refractivity contribution is 5.80. The van der Waals surface area contributed by atoms with Crippen molar-refractivity contribution in [3.63, 3.8) is 0 Å². The lowest BCUT2D eigenvalue weighted by Crippen LogP contribution is -2.39. The summed E-state index contributed by atoms with van der Waals surface area (Å²) in [7, 11) is 0. The van der Waals surface area contributed by atoms with Gasteiger partial charge in [0.2, 0.25) is 5.91 Å². The number of nitro groups is 1. The maximum Gasteiger partial charge on any atom is 0.271 e. The van der Waals surface area contributed by atoms with Crippen LogP contribution in [0.5, 0.6) is 0 Å². The molecule has 0 spiro atoms. The van der Waals surface area contributed by atoms with Gasteiger partial charge in [0.25, 0.3) is 11.2 Å². The molecule has 126 valence electrons. The Morgan fingerprint density at radius 2 is 2.08 bits per heavy atom. The summed E-state index contributed by atoms with van der Waals surface area (Å²) < 4.78 is 1.23. The van der Waals surface area contributed by atoms with Crippen molar-refractivity contribution in [3.8, 4) is 0 Å². The van der Waals surface area contributed by atoms with E-state index in [0.29, 0.717) is 0 Å². The standard InChI is InChI=1S/C16H18N4O4/c21-15(18-11-4-2-1-3-5-11)9-19-10-17-14-8-12(20(23)24)6-7-13(14)16(19)22/h6-8,10-11H,1-5,9H2,(H,18,21). The number of nitrogens with zero attached hydrogens (tertiary/aromatic N) is 3. The number of nitrogens with one attached hydrogen (secondary N) is 1. The molecule has 0 atom stereocenters. The van der Waals surface area contributed by atoms with Gasteiger partial charge in [-0.2, -0.15) is 0 Å². The van der Waals surface area contributed by atoms with Crippen molar-refractivity contribution < 1.29 is 9.72 Å². The minimum atomic E-state index is -0.537. The first kappa shape index (κ1) is 16.1. The molecule has 1 aliphatic carbocycles. The number of amides is 1. The van der Waals surface area contributed by atoms with Crippen LogP contribution in [0.15, 0.2) is 29.3 Å². The van der Waals surface area contributed by atoms with Crippen molar-refractivity contribution in [3.05, 3.63) is 45.0 Å². The first-order chi connectivity index (χ1) is 11.5. The normalized spacial score (nSPS) is 15.3. The Kier molecular flexibility index (Phi) is 4.54. The van der Waals surface area contributed by atoms with Gasteiger partial charge >= 0.3 is 0 Å². The molecule has 0 unspecified atom stereocenters. The number of hydrogen-bond acceptors (Lipinski definition) is 5. The number of aromatic nitrogens is 2. The maximum absolute atomic E-state index is 12.4. The van der Waals surface area contributed by atoms with Crippen LogP contribution in [-0.2, 0) is 11.3 Å². The van der Waals surface area contributed by atoms with Crippen LogP contribution in [0.4, 0.5) is 5.69 Å². The summed E-state index contributed by atoms with van der Waals surface area (Å²) in [5.41, 5.74) is -0.256. The fraction of sp³-hybridized carbons (Fsp3) is 0.438. The van der Waals surface area contributed by atoms with Crippen LogP contribution >= 0.6 is 0 Å². The summed E-state index contributed by atoms with van der Waals surface area (Å²) in [6, 6.07) is 4.07. The highest BCUT2D eigenvalue weighted by atomic mass is 16.6. The van der Waals surface area contributed by atoms with Gasteiger partial charge in [0.15, 0.2) is 0 Å². The van der Waals surface area contributed by atoms with Gasteiger partial charge in [0, 0.05) is 18.2 Å². The molecule has 0 radical (unpaired) electrons. The lowest BCUT2D eigenvalue weighted by molar-refractivity contribution is -0.384. The van der Waals surface area contributed by atoms with Gasteiger partial charge in [-0.25, -0.2) is 4.98 Å². The second kappa shape index (κ2) is 6.77. The zero-order valence-electron chi connectivity index (χ0n) is 13.1. The van der Waals surface area contributed by atoms with Gasteiger partial charge in [-0.1, -0.05) is 19.3 Å². The molecular weight excluding hydrogens is 312 g/mol. The molecule has 1 N–H and O–H groups in total.